The van der Waals surface area contributed by atoms with E-state index in [0.717, 1.165) is 34.9 Å². The molecule has 27 heavy (non-hydrogen) atoms. The van der Waals surface area contributed by atoms with Gasteiger partial charge in [-0.2, -0.15) is 5.10 Å². The molecule has 0 aliphatic rings. The molecule has 0 saturated carbocycles. The zero-order chi connectivity index (χ0) is 19.4. The molecule has 3 rings (SSSR count). The minimum atomic E-state index is -0.169. The van der Waals surface area contributed by atoms with Gasteiger partial charge in [-0.15, -0.1) is 5.10 Å². The molecule has 0 saturated heterocycles. The third kappa shape index (κ3) is 4.53. The highest BCUT2D eigenvalue weighted by Gasteiger charge is 2.15. The fourth-order valence-electron chi connectivity index (χ4n) is 2.42. The largest absolute Gasteiger partial charge is 0.369 e. The number of aryl methyl sites for hydroxylation is 1. The second-order valence-electron chi connectivity index (χ2n) is 6.38. The van der Waals surface area contributed by atoms with Gasteiger partial charge < -0.3 is 10.6 Å². The number of amides is 1. The third-order valence-electron chi connectivity index (χ3n) is 3.80. The Morgan fingerprint density at radius 2 is 2.19 bits per heavy atom. The monoisotopic (exact) mass is 406 g/mol. The van der Waals surface area contributed by atoms with Crippen LogP contribution in [-0.4, -0.2) is 54.6 Å². The first kappa shape index (κ1) is 19.5. The van der Waals surface area contributed by atoms with Crippen LogP contribution in [0, 0.1) is 12.8 Å². The molecule has 2 N–H and O–H groups in total. The van der Waals surface area contributed by atoms with E-state index in [2.05, 4.69) is 49.1 Å². The van der Waals surface area contributed by atoms with Gasteiger partial charge in [-0.25, -0.2) is 14.6 Å². The molecular weight excluding hydrogens is 384 g/mol. The number of hydrogen-bond donors (Lipinski definition) is 2. The van der Waals surface area contributed by atoms with Crippen LogP contribution in [0.5, 0.6) is 0 Å². The molecule has 1 amide bonds. The maximum atomic E-state index is 12.2. The summed E-state index contributed by atoms with van der Waals surface area (Å²) in [6.45, 7) is 7.82. The van der Waals surface area contributed by atoms with Crippen LogP contribution in [0.2, 0.25) is 0 Å². The van der Waals surface area contributed by atoms with Crippen molar-refractivity contribution in [2.24, 2.45) is 5.92 Å². The SMILES string of the molecule is CSc1nc(NCC(C)C)c2cnn(CCNC(=O)c3snnc3C)c2n1. The number of thioether (sulfide) groups is 1. The molecule has 0 bridgehead atoms. The lowest BCUT2D eigenvalue weighted by atomic mass is 10.2. The molecule has 0 fully saturated rings. The number of nitrogens with zero attached hydrogens (tertiary/aromatic N) is 6. The summed E-state index contributed by atoms with van der Waals surface area (Å²) < 4.78 is 5.57. The minimum absolute atomic E-state index is 0.169. The van der Waals surface area contributed by atoms with E-state index >= 15 is 0 Å². The molecule has 11 heteroatoms. The quantitative estimate of drug-likeness (QED) is 0.433. The predicted octanol–water partition coefficient (Wildman–Crippen LogP) is 2.21. The van der Waals surface area contributed by atoms with Gasteiger partial charge in [-0.1, -0.05) is 30.1 Å². The van der Waals surface area contributed by atoms with Crippen molar-refractivity contribution >= 4 is 46.1 Å². The second kappa shape index (κ2) is 8.61. The van der Waals surface area contributed by atoms with Gasteiger partial charge in [0.2, 0.25) is 0 Å². The fourth-order valence-corrected chi connectivity index (χ4v) is 3.35. The maximum absolute atomic E-state index is 12.2. The van der Waals surface area contributed by atoms with Crippen molar-refractivity contribution in [3.63, 3.8) is 0 Å². The van der Waals surface area contributed by atoms with E-state index in [1.165, 1.54) is 11.8 Å². The van der Waals surface area contributed by atoms with Crippen LogP contribution in [0.25, 0.3) is 11.0 Å². The fraction of sp³-hybridized carbons (Fsp3) is 0.500. The molecule has 0 unspecified atom stereocenters. The zero-order valence-corrected chi connectivity index (χ0v) is 17.3. The van der Waals surface area contributed by atoms with Crippen molar-refractivity contribution < 1.29 is 4.79 Å². The third-order valence-corrected chi connectivity index (χ3v) is 5.18. The van der Waals surface area contributed by atoms with Crippen molar-refractivity contribution in [3.05, 3.63) is 16.8 Å². The lowest BCUT2D eigenvalue weighted by molar-refractivity contribution is 0.0955. The maximum Gasteiger partial charge on any atom is 0.265 e. The molecule has 144 valence electrons. The number of nitrogens with one attached hydrogen (secondary N) is 2. The first-order chi connectivity index (χ1) is 13.0. The number of fused-ring (bicyclic) bond motifs is 1. The first-order valence-electron chi connectivity index (χ1n) is 8.58. The Bertz CT molecular complexity index is 936. The molecule has 9 nitrogen and oxygen atoms in total. The molecule has 0 aromatic carbocycles. The smallest absolute Gasteiger partial charge is 0.265 e. The summed E-state index contributed by atoms with van der Waals surface area (Å²) in [6, 6.07) is 0. The second-order valence-corrected chi connectivity index (χ2v) is 7.91. The summed E-state index contributed by atoms with van der Waals surface area (Å²) in [5.41, 5.74) is 1.39. The number of hydrogen-bond acceptors (Lipinski definition) is 9. The molecule has 0 aliphatic heterocycles. The highest BCUT2D eigenvalue weighted by Crippen LogP contribution is 2.23. The molecule has 3 aromatic heterocycles. The number of carbonyl (C=O) groups excluding carboxylic acids is 1. The van der Waals surface area contributed by atoms with E-state index < -0.39 is 0 Å². The van der Waals surface area contributed by atoms with E-state index in [-0.39, 0.29) is 5.91 Å². The molecule has 0 aliphatic carbocycles. The van der Waals surface area contributed by atoms with Gasteiger partial charge in [-0.05, 0) is 30.6 Å². The van der Waals surface area contributed by atoms with Crippen LogP contribution in [0.3, 0.4) is 0 Å². The number of rotatable bonds is 8. The van der Waals surface area contributed by atoms with Crippen molar-refractivity contribution in [1.82, 2.24) is 34.7 Å². The Balaban J connectivity index is 1.74. The Labute approximate surface area is 165 Å². The van der Waals surface area contributed by atoms with E-state index in [0.29, 0.717) is 34.7 Å². The molecule has 0 radical (unpaired) electrons. The summed E-state index contributed by atoms with van der Waals surface area (Å²) in [4.78, 5) is 21.9. The lowest BCUT2D eigenvalue weighted by Gasteiger charge is -2.10. The van der Waals surface area contributed by atoms with Crippen LogP contribution in [0.15, 0.2) is 11.4 Å². The molecule has 3 heterocycles. The Hall–Kier alpha value is -2.27. The van der Waals surface area contributed by atoms with Crippen molar-refractivity contribution in [3.8, 4) is 0 Å². The van der Waals surface area contributed by atoms with Gasteiger partial charge in [0.15, 0.2) is 10.8 Å². The molecule has 0 spiro atoms. The number of carbonyl (C=O) groups is 1. The van der Waals surface area contributed by atoms with Gasteiger partial charge >= 0.3 is 0 Å². The highest BCUT2D eigenvalue weighted by atomic mass is 32.2. The van der Waals surface area contributed by atoms with Gasteiger partial charge in [0.1, 0.15) is 10.7 Å². The first-order valence-corrected chi connectivity index (χ1v) is 10.6. The van der Waals surface area contributed by atoms with Gasteiger partial charge in [0, 0.05) is 13.1 Å². The average molecular weight is 407 g/mol. The number of aromatic nitrogens is 6. The standard InChI is InChI=1S/C16H22N8OS2/c1-9(2)7-18-13-11-8-19-24(14(11)21-16(20-13)26-4)6-5-17-15(25)12-10(3)22-23-27-12/h8-9H,5-7H2,1-4H3,(H,17,25)(H,18,20,21). The number of anilines is 1. The van der Waals surface area contributed by atoms with Gasteiger partial charge in [0.25, 0.3) is 5.91 Å². The van der Waals surface area contributed by atoms with Gasteiger partial charge in [-0.3, -0.25) is 4.79 Å². The summed E-state index contributed by atoms with van der Waals surface area (Å²) in [6.07, 6.45) is 3.71. The minimum Gasteiger partial charge on any atom is -0.369 e. The Morgan fingerprint density at radius 1 is 1.37 bits per heavy atom. The van der Waals surface area contributed by atoms with Crippen LogP contribution in [-0.2, 0) is 6.54 Å². The van der Waals surface area contributed by atoms with Crippen molar-refractivity contribution in [1.29, 1.82) is 0 Å². The topological polar surface area (TPSA) is 111 Å². The van der Waals surface area contributed by atoms with E-state index in [4.69, 9.17) is 0 Å². The summed E-state index contributed by atoms with van der Waals surface area (Å²) in [5, 5.41) is 16.1. The van der Waals surface area contributed by atoms with Crippen LogP contribution >= 0.6 is 23.3 Å². The summed E-state index contributed by atoms with van der Waals surface area (Å²) in [5.74, 6) is 1.13. The van der Waals surface area contributed by atoms with Crippen LogP contribution < -0.4 is 10.6 Å². The molecule has 3 aromatic rings. The van der Waals surface area contributed by atoms with E-state index in [1.54, 1.807) is 17.8 Å². The lowest BCUT2D eigenvalue weighted by Crippen LogP contribution is -2.27. The predicted molar refractivity (Wildman–Crippen MR) is 107 cm³/mol. The Kier molecular flexibility index (Phi) is 6.22. The Morgan fingerprint density at radius 3 is 2.85 bits per heavy atom. The van der Waals surface area contributed by atoms with Gasteiger partial charge in [0.05, 0.1) is 23.8 Å². The van der Waals surface area contributed by atoms with E-state index in [9.17, 15) is 4.79 Å². The van der Waals surface area contributed by atoms with Crippen molar-refractivity contribution in [2.75, 3.05) is 24.7 Å². The van der Waals surface area contributed by atoms with Crippen LogP contribution in [0.4, 0.5) is 5.82 Å². The summed E-state index contributed by atoms with van der Waals surface area (Å²) in [7, 11) is 0. The van der Waals surface area contributed by atoms with Crippen molar-refractivity contribution in [2.45, 2.75) is 32.5 Å². The molecule has 0 atom stereocenters. The highest BCUT2D eigenvalue weighted by molar-refractivity contribution is 7.98. The van der Waals surface area contributed by atoms with E-state index in [1.807, 2.05) is 6.26 Å². The average Bonchev–Trinajstić information content (AvgIpc) is 3.25. The summed E-state index contributed by atoms with van der Waals surface area (Å²) >= 11 is 2.58. The van der Waals surface area contributed by atoms with Crippen LogP contribution in [0.1, 0.15) is 29.2 Å². The molecular formula is C16H22N8OS2. The zero-order valence-electron chi connectivity index (χ0n) is 15.7. The normalized spacial score (nSPS) is 11.3.